The minimum atomic E-state index is -1.48. The monoisotopic (exact) mass is 701 g/mol. The number of halogens is 3. The second kappa shape index (κ2) is 14.7. The van der Waals surface area contributed by atoms with Crippen molar-refractivity contribution in [2.45, 2.75) is 75.3 Å². The first kappa shape index (κ1) is 34.7. The fourth-order valence-electron chi connectivity index (χ4n) is 5.52. The van der Waals surface area contributed by atoms with Gasteiger partial charge in [-0.05, 0) is 61.4 Å². The molecule has 0 unspecified atom stereocenters. The maximum Gasteiger partial charge on any atom is 0.247 e. The number of amides is 1. The number of hydrogen-bond donors (Lipinski definition) is 6. The summed E-state index contributed by atoms with van der Waals surface area (Å²) in [5.74, 6) is -0.380. The average Bonchev–Trinajstić information content (AvgIpc) is 3.66. The maximum absolute atomic E-state index is 12.9. The molecule has 3 aliphatic rings. The maximum atomic E-state index is 12.9. The Morgan fingerprint density at radius 1 is 0.978 bits per heavy atom. The molecular formula is C31H34Cl3NO11. The van der Waals surface area contributed by atoms with Gasteiger partial charge in [0.05, 0.1) is 22.2 Å². The van der Waals surface area contributed by atoms with E-state index in [1.54, 1.807) is 31.2 Å². The Kier molecular flexibility index (Phi) is 11.1. The summed E-state index contributed by atoms with van der Waals surface area (Å²) >= 11 is 18.2. The van der Waals surface area contributed by atoms with Gasteiger partial charge >= 0.3 is 0 Å². The molecule has 250 valence electrons. The zero-order chi connectivity index (χ0) is 33.3. The Hall–Kier alpha value is -2.62. The number of rotatable bonds is 9. The van der Waals surface area contributed by atoms with Gasteiger partial charge in [-0.25, -0.2) is 0 Å². The molecule has 1 saturated carbocycles. The molecule has 0 radical (unpaired) electrons. The normalized spacial score (nSPS) is 31.5. The number of benzene rings is 2. The van der Waals surface area contributed by atoms with Crippen LogP contribution in [-0.4, -0.2) is 99.9 Å². The molecule has 0 spiro atoms. The van der Waals surface area contributed by atoms with Gasteiger partial charge in [-0.2, -0.15) is 0 Å². The standard InChI is InChI=1S/C31H34Cl3NO11/c1-13(7-8-42-20-6-4-16(32)22(33)23(20)34)28-18(37)11-21(46-28)45-19-5-3-15(10-17(19)36)9-14(2)31(41)35-24-25(38)27(40)30-29(26(24)39)43-12-44-30/h3-7,9-10,18,21,24-30,36-40H,8,11-12H2,1-2H3,(H,35,41)/t18-,21+,24+,25-,26+,27+,28+,29-,30+/m0/s1. The van der Waals surface area contributed by atoms with E-state index in [1.807, 2.05) is 0 Å². The van der Waals surface area contributed by atoms with E-state index in [-0.39, 0.29) is 46.9 Å². The number of aliphatic hydroxyl groups excluding tert-OH is 4. The van der Waals surface area contributed by atoms with Gasteiger partial charge in [0.15, 0.2) is 11.5 Å². The first-order valence-electron chi connectivity index (χ1n) is 14.4. The van der Waals surface area contributed by atoms with Crippen LogP contribution in [0, 0.1) is 0 Å². The first-order valence-corrected chi connectivity index (χ1v) is 15.5. The summed E-state index contributed by atoms with van der Waals surface area (Å²) in [7, 11) is 0. The summed E-state index contributed by atoms with van der Waals surface area (Å²) < 4.78 is 27.9. The van der Waals surface area contributed by atoms with Crippen molar-refractivity contribution in [3.8, 4) is 17.2 Å². The molecule has 2 aromatic rings. The zero-order valence-corrected chi connectivity index (χ0v) is 26.9. The van der Waals surface area contributed by atoms with Gasteiger partial charge in [0.25, 0.3) is 0 Å². The van der Waals surface area contributed by atoms with E-state index in [4.69, 9.17) is 58.5 Å². The zero-order valence-electron chi connectivity index (χ0n) is 24.7. The van der Waals surface area contributed by atoms with E-state index in [0.29, 0.717) is 21.9 Å². The van der Waals surface area contributed by atoms with Crippen LogP contribution in [0.3, 0.4) is 0 Å². The second-order valence-corrected chi connectivity index (χ2v) is 12.4. The quantitative estimate of drug-likeness (QED) is 0.129. The third-order valence-corrected chi connectivity index (χ3v) is 9.34. The molecule has 46 heavy (non-hydrogen) atoms. The molecule has 5 rings (SSSR count). The molecule has 2 aromatic carbocycles. The Bertz CT molecular complexity index is 1500. The number of phenols is 1. The molecule has 2 heterocycles. The summed E-state index contributed by atoms with van der Waals surface area (Å²) in [6, 6.07) is 6.46. The fourth-order valence-corrected chi connectivity index (χ4v) is 6.10. The average molecular weight is 703 g/mol. The van der Waals surface area contributed by atoms with Gasteiger partial charge in [0, 0.05) is 12.0 Å². The summed E-state index contributed by atoms with van der Waals surface area (Å²) in [6.07, 6.45) is -4.98. The molecule has 2 saturated heterocycles. The van der Waals surface area contributed by atoms with E-state index in [2.05, 4.69) is 5.32 Å². The fraction of sp³-hybridized carbons (Fsp3) is 0.452. The van der Waals surface area contributed by atoms with Crippen molar-refractivity contribution in [3.63, 3.8) is 0 Å². The minimum Gasteiger partial charge on any atom is -0.504 e. The highest BCUT2D eigenvalue weighted by atomic mass is 35.5. The lowest BCUT2D eigenvalue weighted by Gasteiger charge is -2.41. The van der Waals surface area contributed by atoms with Crippen LogP contribution in [0.5, 0.6) is 17.2 Å². The van der Waals surface area contributed by atoms with Crippen LogP contribution < -0.4 is 14.8 Å². The molecule has 15 heteroatoms. The van der Waals surface area contributed by atoms with E-state index >= 15 is 0 Å². The lowest BCUT2D eigenvalue weighted by Crippen LogP contribution is -2.67. The lowest BCUT2D eigenvalue weighted by molar-refractivity contribution is -0.155. The van der Waals surface area contributed by atoms with Crippen LogP contribution in [0.4, 0.5) is 0 Å². The number of phenolic OH excluding ortho intramolecular Hbond substituents is 1. The third kappa shape index (κ3) is 7.42. The van der Waals surface area contributed by atoms with Crippen molar-refractivity contribution in [2.75, 3.05) is 13.4 Å². The smallest absolute Gasteiger partial charge is 0.247 e. The molecule has 9 atom stereocenters. The van der Waals surface area contributed by atoms with Crippen LogP contribution in [0.1, 0.15) is 25.8 Å². The van der Waals surface area contributed by atoms with Crippen molar-refractivity contribution in [3.05, 3.63) is 68.2 Å². The van der Waals surface area contributed by atoms with Gasteiger partial charge in [-0.15, -0.1) is 0 Å². The lowest BCUT2D eigenvalue weighted by atomic mass is 9.83. The van der Waals surface area contributed by atoms with Crippen molar-refractivity contribution in [1.29, 1.82) is 0 Å². The summed E-state index contributed by atoms with van der Waals surface area (Å²) in [5.41, 5.74) is 1.35. The van der Waals surface area contributed by atoms with E-state index < -0.39 is 61.0 Å². The Morgan fingerprint density at radius 2 is 1.67 bits per heavy atom. The van der Waals surface area contributed by atoms with Crippen molar-refractivity contribution in [2.24, 2.45) is 0 Å². The van der Waals surface area contributed by atoms with Crippen LogP contribution in [0.25, 0.3) is 6.08 Å². The second-order valence-electron chi connectivity index (χ2n) is 11.2. The third-order valence-electron chi connectivity index (χ3n) is 8.06. The Balaban J connectivity index is 1.16. The van der Waals surface area contributed by atoms with Gasteiger partial charge < -0.3 is 54.5 Å². The molecule has 6 N–H and O–H groups in total. The van der Waals surface area contributed by atoms with Crippen molar-refractivity contribution < 1.29 is 54.0 Å². The van der Waals surface area contributed by atoms with Gasteiger partial charge in [0.2, 0.25) is 12.2 Å². The Morgan fingerprint density at radius 3 is 2.39 bits per heavy atom. The van der Waals surface area contributed by atoms with Crippen molar-refractivity contribution >= 4 is 46.8 Å². The first-order chi connectivity index (χ1) is 21.8. The number of fused-ring (bicyclic) bond motifs is 1. The molecule has 2 aliphatic heterocycles. The molecule has 3 fully saturated rings. The SMILES string of the molecule is CC(=Cc1ccc(O[C@H]2C[C@H](O)[C@@H](C(C)=CCOc3ccc(Cl)c(Cl)c3Cl)O2)c(O)c1)C(=O)N[C@@H]1[C@H](O)[C@@H](O)[C@H]2OCO[C@H]2[C@@H]1O. The van der Waals surface area contributed by atoms with Gasteiger partial charge in [-0.1, -0.05) is 40.9 Å². The molecule has 0 bridgehead atoms. The molecule has 1 aliphatic carbocycles. The number of hydrogen-bond acceptors (Lipinski definition) is 11. The number of aromatic hydroxyl groups is 1. The number of nitrogens with one attached hydrogen (secondary N) is 1. The summed E-state index contributed by atoms with van der Waals surface area (Å²) in [6.45, 7) is 3.28. The highest BCUT2D eigenvalue weighted by Crippen LogP contribution is 2.38. The predicted octanol–water partition coefficient (Wildman–Crippen LogP) is 2.96. The number of aliphatic hydroxyl groups is 4. The number of ether oxygens (including phenoxy) is 5. The summed E-state index contributed by atoms with van der Waals surface area (Å²) in [5, 5.41) is 55.8. The summed E-state index contributed by atoms with van der Waals surface area (Å²) in [4.78, 5) is 12.9. The number of carbonyl (C=O) groups excluding carboxylic acids is 1. The highest BCUT2D eigenvalue weighted by Gasteiger charge is 2.53. The highest BCUT2D eigenvalue weighted by molar-refractivity contribution is 6.48. The molecule has 1 amide bonds. The molecule has 0 aromatic heterocycles. The van der Waals surface area contributed by atoms with E-state index in [0.717, 1.165) is 0 Å². The minimum absolute atomic E-state index is 0.104. The van der Waals surface area contributed by atoms with Crippen LogP contribution in [0.2, 0.25) is 15.1 Å². The van der Waals surface area contributed by atoms with Crippen LogP contribution >= 0.6 is 34.8 Å². The van der Waals surface area contributed by atoms with E-state index in [9.17, 15) is 30.3 Å². The topological polar surface area (TPSA) is 176 Å². The molecular weight excluding hydrogens is 669 g/mol. The Labute approximate surface area is 279 Å². The van der Waals surface area contributed by atoms with Gasteiger partial charge in [0.1, 0.15) is 60.8 Å². The predicted molar refractivity (Wildman–Crippen MR) is 167 cm³/mol. The van der Waals surface area contributed by atoms with Crippen LogP contribution in [0.15, 0.2) is 47.6 Å². The number of carbonyl (C=O) groups is 1. The van der Waals surface area contributed by atoms with Crippen LogP contribution in [-0.2, 0) is 19.0 Å². The van der Waals surface area contributed by atoms with Gasteiger partial charge in [-0.3, -0.25) is 4.79 Å². The van der Waals surface area contributed by atoms with Crippen molar-refractivity contribution in [1.82, 2.24) is 5.32 Å². The van der Waals surface area contributed by atoms with E-state index in [1.165, 1.54) is 25.1 Å². The molecule has 12 nitrogen and oxygen atoms in total. The largest absolute Gasteiger partial charge is 0.504 e.